The van der Waals surface area contributed by atoms with Gasteiger partial charge in [0.2, 0.25) is 0 Å². The number of benzene rings is 6. The summed E-state index contributed by atoms with van der Waals surface area (Å²) >= 11 is 0. The van der Waals surface area contributed by atoms with Crippen LogP contribution in [0.3, 0.4) is 0 Å². The van der Waals surface area contributed by atoms with E-state index in [0.717, 1.165) is 33.4 Å². The van der Waals surface area contributed by atoms with E-state index < -0.39 is 110 Å². The monoisotopic (exact) mass is 1120 g/mol. The lowest BCUT2D eigenvalue weighted by atomic mass is 9.94. The van der Waals surface area contributed by atoms with Crippen LogP contribution in [-0.4, -0.2) is 124 Å². The van der Waals surface area contributed by atoms with Crippen molar-refractivity contribution >= 4 is 11.9 Å². The molecule has 82 heavy (non-hydrogen) atoms. The standard InChI is InChI=1S/C65H72O17/c1-42-53(70-36-46-25-13-6-14-26-46)56(71-37-47-27-15-7-16-28-47)59(72-38-48-29-17-8-18-30-48)64(75-42)82-57-55-52(41-74-62(80-55)50-33-21-10-22-34-50)79-65(60(57)73-39-49-31-19-9-20-32-49)81-54-51(40-69-35-45-23-11-5-12-24-45)78-63(68-4)61(77-44(3)67)58(54)76-43(2)66/h5-34,42,51-65H,35-41H2,1-4H3/t42-,51+,52+,53+,54+,55-,56+,57-,58-,59-,60+,61+,62?,63-,64-,65+/m0/s1. The summed E-state index contributed by atoms with van der Waals surface area (Å²) in [5.74, 6) is -1.35. The molecule has 17 nitrogen and oxygen atoms in total. The van der Waals surface area contributed by atoms with E-state index in [1.165, 1.54) is 21.0 Å². The van der Waals surface area contributed by atoms with Crippen molar-refractivity contribution < 1.29 is 80.6 Å². The van der Waals surface area contributed by atoms with Crippen molar-refractivity contribution in [3.63, 3.8) is 0 Å². The quantitative estimate of drug-likeness (QED) is 0.0525. The number of carbonyl (C=O) groups is 2. The summed E-state index contributed by atoms with van der Waals surface area (Å²) in [7, 11) is 1.40. The number of methoxy groups -OCH3 is 1. The molecular weight excluding hydrogens is 1050 g/mol. The highest BCUT2D eigenvalue weighted by Gasteiger charge is 2.59. The number of ether oxygens (including phenoxy) is 15. The third-order valence-corrected chi connectivity index (χ3v) is 14.6. The number of hydrogen-bond acceptors (Lipinski definition) is 17. The van der Waals surface area contributed by atoms with E-state index in [9.17, 15) is 9.59 Å². The van der Waals surface area contributed by atoms with E-state index >= 15 is 0 Å². The summed E-state index contributed by atoms with van der Waals surface area (Å²) in [6.07, 6.45) is -16.5. The van der Waals surface area contributed by atoms with Gasteiger partial charge in [0.1, 0.15) is 54.9 Å². The van der Waals surface area contributed by atoms with Gasteiger partial charge in [0.15, 0.2) is 37.4 Å². The maximum absolute atomic E-state index is 13.2. The Morgan fingerprint density at radius 3 is 1.37 bits per heavy atom. The molecule has 4 aliphatic rings. The van der Waals surface area contributed by atoms with Gasteiger partial charge in [-0.1, -0.05) is 182 Å². The van der Waals surface area contributed by atoms with Gasteiger partial charge in [0.25, 0.3) is 0 Å². The van der Waals surface area contributed by atoms with Crippen LogP contribution in [0.15, 0.2) is 182 Å². The Morgan fingerprint density at radius 1 is 0.439 bits per heavy atom. The van der Waals surface area contributed by atoms with Gasteiger partial charge in [0.05, 0.1) is 52.4 Å². The van der Waals surface area contributed by atoms with Crippen LogP contribution in [0.1, 0.15) is 60.4 Å². The summed E-state index contributed by atoms with van der Waals surface area (Å²) in [5, 5.41) is 0. The number of rotatable bonds is 24. The molecule has 0 amide bonds. The van der Waals surface area contributed by atoms with Gasteiger partial charge in [-0.15, -0.1) is 0 Å². The van der Waals surface area contributed by atoms with E-state index in [1.807, 2.05) is 189 Å². The first-order valence-corrected chi connectivity index (χ1v) is 27.9. The summed E-state index contributed by atoms with van der Waals surface area (Å²) in [4.78, 5) is 26.1. The predicted octanol–water partition coefficient (Wildman–Crippen LogP) is 9.13. The first-order valence-electron chi connectivity index (χ1n) is 27.9. The van der Waals surface area contributed by atoms with E-state index in [4.69, 9.17) is 71.1 Å². The van der Waals surface area contributed by atoms with Crippen molar-refractivity contribution in [3.8, 4) is 0 Å². The molecule has 0 bridgehead atoms. The first kappa shape index (κ1) is 58.9. The molecule has 0 N–H and O–H groups in total. The van der Waals surface area contributed by atoms with Crippen LogP contribution in [0.2, 0.25) is 0 Å². The molecule has 4 fully saturated rings. The van der Waals surface area contributed by atoms with Crippen molar-refractivity contribution in [2.45, 2.75) is 152 Å². The van der Waals surface area contributed by atoms with Gasteiger partial charge in [-0.05, 0) is 34.7 Å². The molecule has 0 aromatic heterocycles. The van der Waals surface area contributed by atoms with Crippen molar-refractivity contribution in [1.82, 2.24) is 0 Å². The fourth-order valence-electron chi connectivity index (χ4n) is 10.7. The molecule has 6 aromatic rings. The molecule has 17 heteroatoms. The minimum Gasteiger partial charge on any atom is -0.455 e. The Bertz CT molecular complexity index is 2840. The molecule has 0 aliphatic carbocycles. The molecule has 6 aromatic carbocycles. The van der Waals surface area contributed by atoms with Gasteiger partial charge in [0, 0.05) is 26.5 Å². The highest BCUT2D eigenvalue weighted by Crippen LogP contribution is 2.42. The Labute approximate surface area is 478 Å². The van der Waals surface area contributed by atoms with Crippen LogP contribution in [0.5, 0.6) is 0 Å². The van der Waals surface area contributed by atoms with Gasteiger partial charge >= 0.3 is 11.9 Å². The highest BCUT2D eigenvalue weighted by atomic mass is 16.8. The molecule has 0 radical (unpaired) electrons. The number of esters is 2. The molecule has 4 heterocycles. The Balaban J connectivity index is 1.05. The second-order valence-corrected chi connectivity index (χ2v) is 20.6. The third kappa shape index (κ3) is 15.5. The normalized spacial score (nSPS) is 30.0. The van der Waals surface area contributed by atoms with Gasteiger partial charge < -0.3 is 71.1 Å². The zero-order valence-electron chi connectivity index (χ0n) is 46.4. The lowest BCUT2D eigenvalue weighted by molar-refractivity contribution is -0.412. The number of carbonyl (C=O) groups excluding carboxylic acids is 2. The van der Waals surface area contributed by atoms with Crippen molar-refractivity contribution in [2.24, 2.45) is 0 Å². The van der Waals surface area contributed by atoms with Crippen LogP contribution in [0, 0.1) is 0 Å². The maximum Gasteiger partial charge on any atom is 0.303 e. The van der Waals surface area contributed by atoms with Crippen LogP contribution >= 0.6 is 0 Å². The maximum atomic E-state index is 13.2. The molecular formula is C65H72O17. The van der Waals surface area contributed by atoms with Gasteiger partial charge in [-0.3, -0.25) is 9.59 Å². The summed E-state index contributed by atoms with van der Waals surface area (Å²) in [6, 6.07) is 58.5. The molecule has 1 unspecified atom stereocenters. The Hall–Kier alpha value is -6.26. The van der Waals surface area contributed by atoms with Crippen LogP contribution in [0.25, 0.3) is 0 Å². The van der Waals surface area contributed by atoms with E-state index in [1.54, 1.807) is 0 Å². The second kappa shape index (κ2) is 29.3. The van der Waals surface area contributed by atoms with Crippen LogP contribution < -0.4 is 0 Å². The SMILES string of the molecule is CO[C@H]1O[C@H](COCc2ccccc2)[C@@H](O[C@H]2O[C@@H]3COC(c4ccccc4)O[C@@H]3[C@H](O[C@@H]3O[C@@H](C)[C@@H](OCc4ccccc4)[C@@H](OCc4ccccc4)[C@@H]3OCc3ccccc3)[C@H]2OCc2ccccc2)[C@H](OC(C)=O)[C@H]1OC(C)=O. The Morgan fingerprint density at radius 2 is 0.866 bits per heavy atom. The minimum absolute atomic E-state index is 0.0173. The van der Waals surface area contributed by atoms with Crippen LogP contribution in [0.4, 0.5) is 0 Å². The molecule has 4 aliphatic heterocycles. The molecule has 4 saturated heterocycles. The topological polar surface area (TPSA) is 173 Å². The first-order chi connectivity index (χ1) is 40.2. The smallest absolute Gasteiger partial charge is 0.303 e. The fraction of sp³-hybridized carbons (Fsp3) is 0.415. The van der Waals surface area contributed by atoms with E-state index in [-0.39, 0.29) is 46.2 Å². The van der Waals surface area contributed by atoms with E-state index in [2.05, 4.69) is 0 Å². The largest absolute Gasteiger partial charge is 0.455 e. The zero-order chi connectivity index (χ0) is 56.6. The molecule has 434 valence electrons. The van der Waals surface area contributed by atoms with Crippen LogP contribution in [-0.2, 0) is 114 Å². The fourth-order valence-corrected chi connectivity index (χ4v) is 10.7. The lowest BCUT2D eigenvalue weighted by Gasteiger charge is -2.53. The van der Waals surface area contributed by atoms with E-state index in [0.29, 0.717) is 0 Å². The lowest BCUT2D eigenvalue weighted by Crippen LogP contribution is -2.69. The summed E-state index contributed by atoms with van der Waals surface area (Å²) in [6.45, 7) is 5.29. The zero-order valence-corrected chi connectivity index (χ0v) is 46.4. The van der Waals surface area contributed by atoms with Gasteiger partial charge in [-0.2, -0.15) is 0 Å². The second-order valence-electron chi connectivity index (χ2n) is 20.6. The average Bonchev–Trinajstić information content (AvgIpc) is 3.18. The predicted molar refractivity (Wildman–Crippen MR) is 296 cm³/mol. The summed E-state index contributed by atoms with van der Waals surface area (Å²) < 4.78 is 101. The van der Waals surface area contributed by atoms with Gasteiger partial charge in [-0.25, -0.2) is 0 Å². The average molecular weight is 1130 g/mol. The molecule has 0 spiro atoms. The van der Waals surface area contributed by atoms with Crippen molar-refractivity contribution in [3.05, 3.63) is 215 Å². The van der Waals surface area contributed by atoms with Crippen molar-refractivity contribution in [1.29, 1.82) is 0 Å². The van der Waals surface area contributed by atoms with Crippen molar-refractivity contribution in [2.75, 3.05) is 20.3 Å². The molecule has 0 saturated carbocycles. The summed E-state index contributed by atoms with van der Waals surface area (Å²) in [5.41, 5.74) is 5.34. The Kier molecular flexibility index (Phi) is 21.1. The highest BCUT2D eigenvalue weighted by molar-refractivity contribution is 5.67. The molecule has 16 atom stereocenters. The third-order valence-electron chi connectivity index (χ3n) is 14.6. The number of hydrogen-bond donors (Lipinski definition) is 0. The minimum atomic E-state index is -1.37. The molecule has 10 rings (SSSR count). The number of fused-ring (bicyclic) bond motifs is 1.